The van der Waals surface area contributed by atoms with Gasteiger partial charge in [0.25, 0.3) is 21.4 Å². The zero-order chi connectivity index (χ0) is 28.9. The molecule has 0 atom stereocenters. The number of nitrogens with zero attached hydrogens (tertiary/aromatic N) is 4. The van der Waals surface area contributed by atoms with Gasteiger partial charge in [0.1, 0.15) is 0 Å². The molecule has 0 fully saturated rings. The molecule has 0 amide bonds. The summed E-state index contributed by atoms with van der Waals surface area (Å²) in [4.78, 5) is 28.9. The first-order valence-corrected chi connectivity index (χ1v) is 14.5. The molecule has 0 aliphatic heterocycles. The normalized spacial score (nSPS) is 10.6. The number of nitro groups is 2. The Labute approximate surface area is 248 Å². The fourth-order valence-electron chi connectivity index (χ4n) is 3.32. The fourth-order valence-corrected chi connectivity index (χ4v) is 5.87. The Balaban J connectivity index is 0.000000248. The van der Waals surface area contributed by atoms with E-state index in [1.807, 2.05) is 6.92 Å². The first-order valence-electron chi connectivity index (χ1n) is 11.3. The van der Waals surface area contributed by atoms with E-state index >= 15 is 0 Å². The summed E-state index contributed by atoms with van der Waals surface area (Å²) < 4.78 is 27.2. The van der Waals surface area contributed by atoms with Crippen LogP contribution in [0.25, 0.3) is 22.5 Å². The standard InChI is InChI=1S/C16H13N3O4S2.C9H7N3O2S.ClH/c1-11-5-7-14(8-6-11)25(22,23)18-16-17-15(10-24-16)12-3-2-4-13(9-12)19(20)21;10-9-11-8(5-15-9)6-2-1-3-7(4-6)12(13)14;/h2-10H,1H3,(H,17,18);1-5H,(H2,10,11);1H. The summed E-state index contributed by atoms with van der Waals surface area (Å²) in [6.07, 6.45) is 0. The molecule has 2 aromatic heterocycles. The van der Waals surface area contributed by atoms with Crippen LogP contribution in [0.1, 0.15) is 5.56 Å². The third-order valence-electron chi connectivity index (χ3n) is 5.28. The van der Waals surface area contributed by atoms with Crippen LogP contribution in [0.4, 0.5) is 21.6 Å². The molecule has 0 radical (unpaired) electrons. The summed E-state index contributed by atoms with van der Waals surface area (Å²) in [5.41, 5.74) is 8.84. The molecule has 5 aromatic rings. The molecule has 212 valence electrons. The Morgan fingerprint density at radius 2 is 1.32 bits per heavy atom. The molecule has 3 aromatic carbocycles. The lowest BCUT2D eigenvalue weighted by atomic mass is 10.1. The number of nitro benzene ring substituents is 2. The van der Waals surface area contributed by atoms with E-state index in [0.717, 1.165) is 16.9 Å². The third kappa shape index (κ3) is 8.04. The van der Waals surface area contributed by atoms with Crippen molar-refractivity contribution in [2.75, 3.05) is 10.5 Å². The Kier molecular flexibility index (Phi) is 10.1. The number of benzene rings is 3. The second kappa shape index (κ2) is 13.3. The molecule has 0 spiro atoms. The van der Waals surface area contributed by atoms with Gasteiger partial charge in [0.2, 0.25) is 0 Å². The Morgan fingerprint density at radius 1 is 0.805 bits per heavy atom. The van der Waals surface area contributed by atoms with Gasteiger partial charge in [0.15, 0.2) is 10.3 Å². The summed E-state index contributed by atoms with van der Waals surface area (Å²) in [6, 6.07) is 18.8. The fraction of sp³-hybridized carbons (Fsp3) is 0.0400. The average molecular weight is 633 g/mol. The SMILES string of the molecule is Cc1ccc(S(=O)(=O)Nc2nc(-c3cccc([N+](=O)[O-])c3)cs2)cc1.Cl.Nc1nc(-c2cccc([N+](=O)[O-])c2)cs1. The van der Waals surface area contributed by atoms with Gasteiger partial charge in [-0.25, -0.2) is 18.4 Å². The quantitative estimate of drug-likeness (QED) is 0.148. The summed E-state index contributed by atoms with van der Waals surface area (Å²) in [7, 11) is -3.73. The number of rotatable bonds is 7. The summed E-state index contributed by atoms with van der Waals surface area (Å²) in [6.45, 7) is 1.87. The van der Waals surface area contributed by atoms with Gasteiger partial charge >= 0.3 is 0 Å². The van der Waals surface area contributed by atoms with E-state index in [-0.39, 0.29) is 33.8 Å². The molecule has 0 unspecified atom stereocenters. The Bertz CT molecular complexity index is 1790. The number of nitrogens with two attached hydrogens (primary N) is 1. The van der Waals surface area contributed by atoms with E-state index in [1.165, 1.54) is 47.7 Å². The van der Waals surface area contributed by atoms with Crippen LogP contribution in [-0.2, 0) is 10.0 Å². The van der Waals surface area contributed by atoms with Crippen molar-refractivity contribution in [3.8, 4) is 22.5 Å². The van der Waals surface area contributed by atoms with Crippen LogP contribution in [0.15, 0.2) is 88.5 Å². The van der Waals surface area contributed by atoms with Crippen molar-refractivity contribution in [3.05, 3.63) is 109 Å². The highest BCUT2D eigenvalue weighted by Gasteiger charge is 2.17. The van der Waals surface area contributed by atoms with E-state index in [9.17, 15) is 28.6 Å². The number of hydrogen-bond acceptors (Lipinski definition) is 11. The zero-order valence-corrected chi connectivity index (χ0v) is 24.3. The van der Waals surface area contributed by atoms with Crippen LogP contribution in [0.3, 0.4) is 0 Å². The topological polar surface area (TPSA) is 184 Å². The second-order valence-corrected chi connectivity index (χ2v) is 11.6. The average Bonchev–Trinajstić information content (AvgIpc) is 3.58. The van der Waals surface area contributed by atoms with Crippen LogP contribution in [0.2, 0.25) is 0 Å². The second-order valence-electron chi connectivity index (χ2n) is 8.14. The number of nitrogens with one attached hydrogen (secondary N) is 1. The van der Waals surface area contributed by atoms with Crippen LogP contribution in [0.5, 0.6) is 0 Å². The highest BCUT2D eigenvalue weighted by atomic mass is 35.5. The van der Waals surface area contributed by atoms with E-state index in [4.69, 9.17) is 5.73 Å². The number of sulfonamides is 1. The predicted molar refractivity (Wildman–Crippen MR) is 162 cm³/mol. The highest BCUT2D eigenvalue weighted by Crippen LogP contribution is 2.29. The van der Waals surface area contributed by atoms with Crippen LogP contribution in [0, 0.1) is 27.2 Å². The number of nitrogen functional groups attached to an aromatic ring is 1. The molecule has 0 aliphatic rings. The lowest BCUT2D eigenvalue weighted by Crippen LogP contribution is -2.12. The third-order valence-corrected chi connectivity index (χ3v) is 8.20. The molecular formula is C25H21ClN6O6S3. The number of non-ortho nitro benzene ring substituents is 2. The summed E-state index contributed by atoms with van der Waals surface area (Å²) in [5, 5.41) is 25.5. The molecule has 0 saturated carbocycles. The summed E-state index contributed by atoms with van der Waals surface area (Å²) in [5.74, 6) is 0. The first-order chi connectivity index (χ1) is 19.0. The van der Waals surface area contributed by atoms with Gasteiger partial charge < -0.3 is 5.73 Å². The minimum atomic E-state index is -3.73. The Morgan fingerprint density at radius 3 is 1.80 bits per heavy atom. The van der Waals surface area contributed by atoms with E-state index in [2.05, 4.69) is 14.7 Å². The molecule has 0 saturated heterocycles. The lowest BCUT2D eigenvalue weighted by molar-refractivity contribution is -0.385. The van der Waals surface area contributed by atoms with Crippen LogP contribution in [-0.4, -0.2) is 28.2 Å². The van der Waals surface area contributed by atoms with Gasteiger partial charge in [-0.2, -0.15) is 0 Å². The van der Waals surface area contributed by atoms with Crippen molar-refractivity contribution >= 4 is 66.7 Å². The number of halogens is 1. The van der Waals surface area contributed by atoms with Gasteiger partial charge in [-0.1, -0.05) is 42.0 Å². The van der Waals surface area contributed by atoms with Crippen molar-refractivity contribution in [1.82, 2.24) is 9.97 Å². The Hall–Kier alpha value is -4.44. The molecule has 2 heterocycles. The van der Waals surface area contributed by atoms with E-state index in [1.54, 1.807) is 47.2 Å². The number of aromatic nitrogens is 2. The largest absolute Gasteiger partial charge is 0.375 e. The van der Waals surface area contributed by atoms with Gasteiger partial charge in [0, 0.05) is 46.2 Å². The minimum absolute atomic E-state index is 0. The first kappa shape index (κ1) is 31.1. The summed E-state index contributed by atoms with van der Waals surface area (Å²) >= 11 is 2.42. The van der Waals surface area contributed by atoms with Crippen molar-refractivity contribution in [3.63, 3.8) is 0 Å². The number of thiazole rings is 2. The predicted octanol–water partition coefficient (Wildman–Crippen LogP) is 6.55. The lowest BCUT2D eigenvalue weighted by Gasteiger charge is -2.05. The number of anilines is 2. The van der Waals surface area contributed by atoms with Gasteiger partial charge in [-0.3, -0.25) is 25.0 Å². The van der Waals surface area contributed by atoms with Gasteiger partial charge in [-0.15, -0.1) is 35.1 Å². The minimum Gasteiger partial charge on any atom is -0.375 e. The van der Waals surface area contributed by atoms with Crippen LogP contribution < -0.4 is 10.5 Å². The molecule has 41 heavy (non-hydrogen) atoms. The molecular weight excluding hydrogens is 612 g/mol. The van der Waals surface area contributed by atoms with Crippen molar-refractivity contribution in [2.24, 2.45) is 0 Å². The molecule has 12 nitrogen and oxygen atoms in total. The smallest absolute Gasteiger partial charge is 0.270 e. The highest BCUT2D eigenvalue weighted by molar-refractivity contribution is 7.93. The molecule has 3 N–H and O–H groups in total. The molecule has 5 rings (SSSR count). The van der Waals surface area contributed by atoms with Crippen molar-refractivity contribution < 1.29 is 18.3 Å². The molecule has 0 aliphatic carbocycles. The maximum Gasteiger partial charge on any atom is 0.270 e. The molecule has 16 heteroatoms. The number of hydrogen-bond donors (Lipinski definition) is 2. The maximum absolute atomic E-state index is 12.4. The van der Waals surface area contributed by atoms with Gasteiger partial charge in [0.05, 0.1) is 26.1 Å². The number of aryl methyl sites for hydroxylation is 1. The van der Waals surface area contributed by atoms with E-state index in [0.29, 0.717) is 27.6 Å². The van der Waals surface area contributed by atoms with Gasteiger partial charge in [-0.05, 0) is 19.1 Å². The maximum atomic E-state index is 12.4. The molecule has 0 bridgehead atoms. The van der Waals surface area contributed by atoms with Crippen molar-refractivity contribution in [2.45, 2.75) is 11.8 Å². The van der Waals surface area contributed by atoms with Crippen molar-refractivity contribution in [1.29, 1.82) is 0 Å². The monoisotopic (exact) mass is 632 g/mol. The van der Waals surface area contributed by atoms with E-state index < -0.39 is 19.9 Å². The zero-order valence-electron chi connectivity index (χ0n) is 21.0. The van der Waals surface area contributed by atoms with Crippen LogP contribution >= 0.6 is 35.1 Å².